The normalized spacial score (nSPS) is 19.1. The van der Waals surface area contributed by atoms with Gasteiger partial charge in [0.15, 0.2) is 0 Å². The van der Waals surface area contributed by atoms with Gasteiger partial charge in [-0.25, -0.2) is 4.39 Å². The molecular weight excluding hydrogens is 283 g/mol. The molecule has 2 nitrogen and oxygen atoms in total. The van der Waals surface area contributed by atoms with Crippen LogP contribution in [0.2, 0.25) is 5.02 Å². The van der Waals surface area contributed by atoms with E-state index in [2.05, 4.69) is 11.0 Å². The van der Waals surface area contributed by atoms with Crippen molar-refractivity contribution in [3.63, 3.8) is 0 Å². The standard InChI is InChI=1S/C14H16ClFN2S/c1-19-14(10-17)4-6-18(7-5-14)9-11-8-12(15)2-3-13(11)16/h2-3,8H,4-7,9H2,1H3. The van der Waals surface area contributed by atoms with E-state index >= 15 is 0 Å². The average Bonchev–Trinajstić information content (AvgIpc) is 2.44. The Labute approximate surface area is 122 Å². The highest BCUT2D eigenvalue weighted by atomic mass is 35.5. The van der Waals surface area contributed by atoms with Gasteiger partial charge in [-0.15, -0.1) is 11.8 Å². The maximum absolute atomic E-state index is 13.7. The van der Waals surface area contributed by atoms with Gasteiger partial charge in [-0.2, -0.15) is 5.26 Å². The Morgan fingerprint density at radius 3 is 2.74 bits per heavy atom. The monoisotopic (exact) mass is 298 g/mol. The highest BCUT2D eigenvalue weighted by Gasteiger charge is 2.33. The average molecular weight is 299 g/mol. The molecule has 0 saturated carbocycles. The largest absolute Gasteiger partial charge is 0.299 e. The van der Waals surface area contributed by atoms with Crippen molar-refractivity contribution < 1.29 is 4.39 Å². The zero-order chi connectivity index (χ0) is 13.9. The zero-order valence-electron chi connectivity index (χ0n) is 10.8. The molecule has 1 aromatic carbocycles. The first-order chi connectivity index (χ1) is 9.08. The van der Waals surface area contributed by atoms with Crippen LogP contribution >= 0.6 is 23.4 Å². The molecule has 0 aliphatic carbocycles. The minimum Gasteiger partial charge on any atom is -0.299 e. The summed E-state index contributed by atoms with van der Waals surface area (Å²) in [6.45, 7) is 2.20. The Hall–Kier alpha value is -0.760. The molecule has 0 amide bonds. The van der Waals surface area contributed by atoms with Gasteiger partial charge >= 0.3 is 0 Å². The second-order valence-electron chi connectivity index (χ2n) is 4.82. The lowest BCUT2D eigenvalue weighted by Gasteiger charge is -2.36. The van der Waals surface area contributed by atoms with Crippen LogP contribution in [0.15, 0.2) is 18.2 Å². The molecule has 0 spiro atoms. The lowest BCUT2D eigenvalue weighted by Crippen LogP contribution is -2.41. The summed E-state index contributed by atoms with van der Waals surface area (Å²) in [6, 6.07) is 7.06. The maximum Gasteiger partial charge on any atom is 0.127 e. The van der Waals surface area contributed by atoms with Gasteiger partial charge in [-0.1, -0.05) is 11.6 Å². The quantitative estimate of drug-likeness (QED) is 0.851. The summed E-state index contributed by atoms with van der Waals surface area (Å²) in [4.78, 5) is 2.18. The van der Waals surface area contributed by atoms with Gasteiger partial charge in [0.1, 0.15) is 10.6 Å². The second kappa shape index (κ2) is 6.13. The topological polar surface area (TPSA) is 27.0 Å². The summed E-state index contributed by atoms with van der Waals surface area (Å²) in [6.07, 6.45) is 3.63. The Balaban J connectivity index is 2.00. The van der Waals surface area contributed by atoms with Gasteiger partial charge in [0, 0.05) is 30.2 Å². The molecule has 19 heavy (non-hydrogen) atoms. The Morgan fingerprint density at radius 2 is 2.16 bits per heavy atom. The molecule has 0 atom stereocenters. The molecule has 2 rings (SSSR count). The van der Waals surface area contributed by atoms with Crippen molar-refractivity contribution in [3.05, 3.63) is 34.6 Å². The third-order valence-corrected chi connectivity index (χ3v) is 5.18. The second-order valence-corrected chi connectivity index (χ2v) is 6.45. The van der Waals surface area contributed by atoms with Crippen LogP contribution in [0, 0.1) is 17.1 Å². The summed E-state index contributed by atoms with van der Waals surface area (Å²) in [5, 5.41) is 9.79. The van der Waals surface area contributed by atoms with E-state index < -0.39 is 0 Å². The van der Waals surface area contributed by atoms with Crippen molar-refractivity contribution in [2.24, 2.45) is 0 Å². The van der Waals surface area contributed by atoms with Gasteiger partial charge in [0.05, 0.1) is 6.07 Å². The van der Waals surface area contributed by atoms with Crippen LogP contribution in [0.4, 0.5) is 4.39 Å². The van der Waals surface area contributed by atoms with Crippen molar-refractivity contribution >= 4 is 23.4 Å². The fraction of sp³-hybridized carbons (Fsp3) is 0.500. The number of hydrogen-bond acceptors (Lipinski definition) is 3. The van der Waals surface area contributed by atoms with Gasteiger partial charge in [0.25, 0.3) is 0 Å². The van der Waals surface area contributed by atoms with Crippen molar-refractivity contribution in [1.82, 2.24) is 4.90 Å². The molecule has 5 heteroatoms. The summed E-state index contributed by atoms with van der Waals surface area (Å²) in [5.41, 5.74) is 0.626. The molecule has 102 valence electrons. The smallest absolute Gasteiger partial charge is 0.127 e. The number of hydrogen-bond donors (Lipinski definition) is 0. The van der Waals surface area contributed by atoms with Gasteiger partial charge in [-0.3, -0.25) is 4.90 Å². The zero-order valence-corrected chi connectivity index (χ0v) is 12.4. The first-order valence-corrected chi connectivity index (χ1v) is 7.81. The molecule has 1 aliphatic heterocycles. The number of benzene rings is 1. The minimum atomic E-state index is -0.261. The fourth-order valence-corrected chi connectivity index (χ4v) is 3.22. The van der Waals surface area contributed by atoms with E-state index in [9.17, 15) is 9.65 Å². The van der Waals surface area contributed by atoms with Crippen LogP contribution in [0.1, 0.15) is 18.4 Å². The van der Waals surface area contributed by atoms with Crippen molar-refractivity contribution in [3.8, 4) is 6.07 Å². The third-order valence-electron chi connectivity index (χ3n) is 3.66. The first kappa shape index (κ1) is 14.6. The van der Waals surface area contributed by atoms with Crippen LogP contribution in [0.3, 0.4) is 0 Å². The van der Waals surface area contributed by atoms with E-state index in [1.54, 1.807) is 23.9 Å². The highest BCUT2D eigenvalue weighted by molar-refractivity contribution is 8.00. The lowest BCUT2D eigenvalue weighted by atomic mass is 9.97. The molecule has 1 aliphatic rings. The van der Waals surface area contributed by atoms with Crippen molar-refractivity contribution in [2.75, 3.05) is 19.3 Å². The van der Waals surface area contributed by atoms with E-state index in [0.29, 0.717) is 17.1 Å². The fourth-order valence-electron chi connectivity index (χ4n) is 2.34. The number of thioether (sulfide) groups is 1. The molecule has 1 heterocycles. The van der Waals surface area contributed by atoms with Crippen LogP contribution in [-0.2, 0) is 6.54 Å². The van der Waals surface area contributed by atoms with E-state index in [-0.39, 0.29) is 10.6 Å². The number of rotatable bonds is 3. The van der Waals surface area contributed by atoms with Crippen LogP contribution < -0.4 is 0 Å². The van der Waals surface area contributed by atoms with Gasteiger partial charge in [0.2, 0.25) is 0 Å². The van der Waals surface area contributed by atoms with Crippen LogP contribution in [0.5, 0.6) is 0 Å². The molecule has 0 radical (unpaired) electrons. The predicted octanol–water partition coefficient (Wildman–Crippen LogP) is 3.70. The van der Waals surface area contributed by atoms with Gasteiger partial charge < -0.3 is 0 Å². The molecule has 0 bridgehead atoms. The van der Waals surface area contributed by atoms with Crippen molar-refractivity contribution in [1.29, 1.82) is 5.26 Å². The van der Waals surface area contributed by atoms with Gasteiger partial charge in [-0.05, 0) is 37.3 Å². The van der Waals surface area contributed by atoms with Crippen LogP contribution in [-0.4, -0.2) is 29.0 Å². The number of halogens is 2. The highest BCUT2D eigenvalue weighted by Crippen LogP contribution is 2.34. The van der Waals surface area contributed by atoms with E-state index in [4.69, 9.17) is 11.6 Å². The molecule has 0 unspecified atom stereocenters. The van der Waals surface area contributed by atoms with E-state index in [1.165, 1.54) is 6.07 Å². The predicted molar refractivity (Wildman–Crippen MR) is 77.8 cm³/mol. The Kier molecular flexibility index (Phi) is 4.72. The molecule has 1 fully saturated rings. The number of likely N-dealkylation sites (tertiary alicyclic amines) is 1. The SMILES string of the molecule is CSC1(C#N)CCN(Cc2cc(Cl)ccc2F)CC1. The maximum atomic E-state index is 13.7. The number of nitriles is 1. The minimum absolute atomic E-state index is 0.216. The molecule has 0 aromatic heterocycles. The summed E-state index contributed by atoms with van der Waals surface area (Å²) in [7, 11) is 0. The van der Waals surface area contributed by atoms with E-state index in [0.717, 1.165) is 25.9 Å². The molecule has 1 saturated heterocycles. The molecule has 0 N–H and O–H groups in total. The number of piperidine rings is 1. The Bertz CT molecular complexity index is 493. The van der Waals surface area contributed by atoms with Crippen LogP contribution in [0.25, 0.3) is 0 Å². The molecular formula is C14H16ClFN2S. The van der Waals surface area contributed by atoms with Crippen molar-refractivity contribution in [2.45, 2.75) is 24.1 Å². The third kappa shape index (κ3) is 3.42. The summed E-state index contributed by atoms with van der Waals surface area (Å²) >= 11 is 7.52. The number of nitrogens with zero attached hydrogens (tertiary/aromatic N) is 2. The first-order valence-electron chi connectivity index (χ1n) is 6.21. The molecule has 1 aromatic rings. The van der Waals surface area contributed by atoms with E-state index in [1.807, 2.05) is 6.26 Å². The summed E-state index contributed by atoms with van der Waals surface area (Å²) in [5.74, 6) is -0.216. The lowest BCUT2D eigenvalue weighted by molar-refractivity contribution is 0.207. The summed E-state index contributed by atoms with van der Waals surface area (Å²) < 4.78 is 13.4. The Morgan fingerprint density at radius 1 is 1.47 bits per heavy atom.